The number of carbonyl (C=O) groups excluding carboxylic acids is 1. The maximum atomic E-state index is 12.6. The molecular formula is C21H26N4O2. The van der Waals surface area contributed by atoms with Crippen molar-refractivity contribution in [3.8, 4) is 0 Å². The van der Waals surface area contributed by atoms with Crippen LogP contribution in [0.1, 0.15) is 35.3 Å². The summed E-state index contributed by atoms with van der Waals surface area (Å²) in [6.07, 6.45) is 8.20. The van der Waals surface area contributed by atoms with Gasteiger partial charge in [0.05, 0.1) is 12.2 Å². The lowest BCUT2D eigenvalue weighted by Gasteiger charge is -2.38. The third-order valence-electron chi connectivity index (χ3n) is 5.81. The van der Waals surface area contributed by atoms with E-state index in [1.807, 2.05) is 29.3 Å². The van der Waals surface area contributed by atoms with E-state index in [1.54, 1.807) is 18.5 Å². The number of nitrogens with zero attached hydrogens (tertiary/aromatic N) is 4. The lowest BCUT2D eigenvalue weighted by Crippen LogP contribution is -2.47. The zero-order valence-corrected chi connectivity index (χ0v) is 15.8. The van der Waals surface area contributed by atoms with E-state index in [0.29, 0.717) is 11.7 Å². The number of ether oxygens (including phenoxy) is 1. The maximum Gasteiger partial charge on any atom is 0.272 e. The lowest BCUT2D eigenvalue weighted by molar-refractivity contribution is -0.0394. The molecule has 2 aliphatic rings. The van der Waals surface area contributed by atoms with Crippen LogP contribution >= 0.6 is 0 Å². The van der Waals surface area contributed by atoms with Gasteiger partial charge in [-0.2, -0.15) is 0 Å². The van der Waals surface area contributed by atoms with Crippen LogP contribution in [0.5, 0.6) is 0 Å². The van der Waals surface area contributed by atoms with Crippen molar-refractivity contribution >= 4 is 5.91 Å². The normalized spacial score (nSPS) is 21.7. The van der Waals surface area contributed by atoms with Crippen molar-refractivity contribution in [3.63, 3.8) is 0 Å². The van der Waals surface area contributed by atoms with Crippen molar-refractivity contribution in [3.05, 3.63) is 60.2 Å². The van der Waals surface area contributed by atoms with E-state index < -0.39 is 0 Å². The van der Waals surface area contributed by atoms with E-state index in [1.165, 1.54) is 5.56 Å². The van der Waals surface area contributed by atoms with Gasteiger partial charge in [0.25, 0.3) is 5.91 Å². The molecule has 0 unspecified atom stereocenters. The van der Waals surface area contributed by atoms with Gasteiger partial charge in [0.15, 0.2) is 0 Å². The average molecular weight is 366 g/mol. The standard InChI is InChI=1S/C21H26N4O2/c1-24(15-17-5-4-9-22-14-17)18-13-21(27-16-18)7-11-25(12-8-21)20(26)19-6-2-3-10-23-19/h2-6,9-10,14,18H,7-8,11-13,15-16H2,1H3/t18-/m1/s1. The quantitative estimate of drug-likeness (QED) is 0.831. The SMILES string of the molecule is CN(Cc1cccnc1)[C@H]1COC2(CCN(C(=O)c3ccccn3)CC2)C1. The van der Waals surface area contributed by atoms with Crippen LogP contribution in [0, 0.1) is 0 Å². The van der Waals surface area contributed by atoms with E-state index in [4.69, 9.17) is 4.74 Å². The number of hydrogen-bond acceptors (Lipinski definition) is 5. The smallest absolute Gasteiger partial charge is 0.272 e. The van der Waals surface area contributed by atoms with E-state index in [0.717, 1.165) is 45.5 Å². The molecule has 2 fully saturated rings. The number of piperidine rings is 1. The molecule has 1 atom stereocenters. The van der Waals surface area contributed by atoms with Crippen molar-refractivity contribution in [2.24, 2.45) is 0 Å². The van der Waals surface area contributed by atoms with Gasteiger partial charge < -0.3 is 9.64 Å². The molecule has 4 rings (SSSR count). The van der Waals surface area contributed by atoms with Gasteiger partial charge in [-0.1, -0.05) is 12.1 Å². The molecule has 2 aliphatic heterocycles. The van der Waals surface area contributed by atoms with Crippen molar-refractivity contribution in [1.29, 1.82) is 0 Å². The first-order valence-corrected chi connectivity index (χ1v) is 9.59. The Hall–Kier alpha value is -2.31. The molecule has 2 saturated heterocycles. The Morgan fingerprint density at radius 1 is 1.26 bits per heavy atom. The second-order valence-corrected chi connectivity index (χ2v) is 7.64. The third kappa shape index (κ3) is 4.01. The molecule has 0 saturated carbocycles. The number of hydrogen-bond donors (Lipinski definition) is 0. The van der Waals surface area contributed by atoms with Crippen molar-refractivity contribution < 1.29 is 9.53 Å². The summed E-state index contributed by atoms with van der Waals surface area (Å²) in [6.45, 7) is 3.09. The topological polar surface area (TPSA) is 58.6 Å². The van der Waals surface area contributed by atoms with Crippen molar-refractivity contribution in [2.75, 3.05) is 26.7 Å². The summed E-state index contributed by atoms with van der Waals surface area (Å²) in [5.41, 5.74) is 1.65. The molecule has 6 heteroatoms. The zero-order chi connectivity index (χ0) is 18.7. The molecule has 1 spiro atoms. The Kier molecular flexibility index (Phi) is 5.18. The minimum absolute atomic E-state index is 0.0219. The van der Waals surface area contributed by atoms with Crippen LogP contribution in [-0.2, 0) is 11.3 Å². The summed E-state index contributed by atoms with van der Waals surface area (Å²) in [5, 5.41) is 0. The maximum absolute atomic E-state index is 12.6. The number of likely N-dealkylation sites (tertiary alicyclic amines) is 1. The van der Waals surface area contributed by atoms with Crippen LogP contribution in [-0.4, -0.2) is 64.1 Å². The molecule has 0 aliphatic carbocycles. The summed E-state index contributed by atoms with van der Waals surface area (Å²) >= 11 is 0. The van der Waals surface area contributed by atoms with E-state index in [2.05, 4.69) is 28.0 Å². The fourth-order valence-corrected chi connectivity index (χ4v) is 4.13. The number of carbonyl (C=O) groups is 1. The fraction of sp³-hybridized carbons (Fsp3) is 0.476. The van der Waals surface area contributed by atoms with Gasteiger partial charge in [-0.25, -0.2) is 0 Å². The number of aromatic nitrogens is 2. The van der Waals surface area contributed by atoms with Crippen molar-refractivity contribution in [1.82, 2.24) is 19.8 Å². The summed E-state index contributed by atoms with van der Waals surface area (Å²) in [4.78, 5) is 25.2. The highest BCUT2D eigenvalue weighted by molar-refractivity contribution is 5.92. The van der Waals surface area contributed by atoms with Crippen molar-refractivity contribution in [2.45, 2.75) is 37.5 Å². The van der Waals surface area contributed by atoms with Gasteiger partial charge in [0.1, 0.15) is 5.69 Å². The van der Waals surface area contributed by atoms with Gasteiger partial charge in [-0.15, -0.1) is 0 Å². The van der Waals surface area contributed by atoms with Crippen LogP contribution in [0.25, 0.3) is 0 Å². The van der Waals surface area contributed by atoms with Gasteiger partial charge >= 0.3 is 0 Å². The highest BCUT2D eigenvalue weighted by Crippen LogP contribution is 2.37. The Bertz CT molecular complexity index is 760. The number of likely N-dealkylation sites (N-methyl/N-ethyl adjacent to an activating group) is 1. The minimum Gasteiger partial charge on any atom is -0.373 e. The molecule has 6 nitrogen and oxygen atoms in total. The first-order chi connectivity index (χ1) is 13.2. The first kappa shape index (κ1) is 18.1. The Morgan fingerprint density at radius 3 is 2.81 bits per heavy atom. The first-order valence-electron chi connectivity index (χ1n) is 9.59. The summed E-state index contributed by atoms with van der Waals surface area (Å²) in [7, 11) is 2.15. The molecule has 4 heterocycles. The van der Waals surface area contributed by atoms with Crippen LogP contribution < -0.4 is 0 Å². The number of rotatable bonds is 4. The predicted molar refractivity (Wildman–Crippen MR) is 102 cm³/mol. The summed E-state index contributed by atoms with van der Waals surface area (Å²) in [6, 6.07) is 9.96. The molecule has 27 heavy (non-hydrogen) atoms. The second kappa shape index (κ2) is 7.74. The summed E-state index contributed by atoms with van der Waals surface area (Å²) in [5.74, 6) is 0.0219. The number of pyridine rings is 2. The van der Waals surface area contributed by atoms with Gasteiger partial charge in [0, 0.05) is 44.3 Å². The molecule has 142 valence electrons. The molecule has 0 radical (unpaired) electrons. The van der Waals surface area contributed by atoms with Crippen LogP contribution in [0.15, 0.2) is 48.9 Å². The molecule has 0 bridgehead atoms. The van der Waals surface area contributed by atoms with E-state index in [-0.39, 0.29) is 11.5 Å². The summed E-state index contributed by atoms with van der Waals surface area (Å²) < 4.78 is 6.28. The van der Waals surface area contributed by atoms with Crippen LogP contribution in [0.2, 0.25) is 0 Å². The fourth-order valence-electron chi connectivity index (χ4n) is 4.13. The number of amides is 1. The van der Waals surface area contributed by atoms with Gasteiger partial charge in [-0.05, 0) is 50.1 Å². The Labute approximate surface area is 160 Å². The van der Waals surface area contributed by atoms with Crippen LogP contribution in [0.4, 0.5) is 0 Å². The zero-order valence-electron chi connectivity index (χ0n) is 15.8. The van der Waals surface area contributed by atoms with Gasteiger partial charge in [0.2, 0.25) is 0 Å². The minimum atomic E-state index is -0.0885. The molecular weight excluding hydrogens is 340 g/mol. The largest absolute Gasteiger partial charge is 0.373 e. The lowest BCUT2D eigenvalue weighted by atomic mass is 9.87. The van der Waals surface area contributed by atoms with E-state index in [9.17, 15) is 4.79 Å². The highest BCUT2D eigenvalue weighted by Gasteiger charge is 2.44. The third-order valence-corrected chi connectivity index (χ3v) is 5.81. The van der Waals surface area contributed by atoms with E-state index >= 15 is 0 Å². The van der Waals surface area contributed by atoms with Crippen LogP contribution in [0.3, 0.4) is 0 Å². The monoisotopic (exact) mass is 366 g/mol. The average Bonchev–Trinajstić information content (AvgIpc) is 3.13. The Morgan fingerprint density at radius 2 is 2.11 bits per heavy atom. The molecule has 0 aromatic carbocycles. The second-order valence-electron chi connectivity index (χ2n) is 7.64. The molecule has 2 aromatic rings. The molecule has 1 amide bonds. The predicted octanol–water partition coefficient (Wildman–Crippen LogP) is 2.37. The van der Waals surface area contributed by atoms with Gasteiger partial charge in [-0.3, -0.25) is 19.7 Å². The highest BCUT2D eigenvalue weighted by atomic mass is 16.5. The Balaban J connectivity index is 1.32. The molecule has 0 N–H and O–H groups in total. The molecule has 2 aromatic heterocycles.